The van der Waals surface area contributed by atoms with Gasteiger partial charge in [-0.2, -0.15) is 11.3 Å². The maximum Gasteiger partial charge on any atom is 0.317 e. The Labute approximate surface area is 129 Å². The van der Waals surface area contributed by atoms with Gasteiger partial charge in [-0.25, -0.2) is 4.79 Å². The van der Waals surface area contributed by atoms with Gasteiger partial charge in [-0.1, -0.05) is 6.92 Å². The largest absolute Gasteiger partial charge is 0.370 e. The third-order valence-corrected chi connectivity index (χ3v) is 4.67. The molecule has 21 heavy (non-hydrogen) atoms. The molecule has 2 heterocycles. The smallest absolute Gasteiger partial charge is 0.317 e. The van der Waals surface area contributed by atoms with Crippen LogP contribution in [-0.2, 0) is 4.79 Å². The molecule has 0 spiro atoms. The number of carbonyl (C=O) groups excluding carboxylic acids is 2. The predicted molar refractivity (Wildman–Crippen MR) is 84.2 cm³/mol. The summed E-state index contributed by atoms with van der Waals surface area (Å²) in [6.07, 6.45) is 2.28. The zero-order chi connectivity index (χ0) is 15.2. The van der Waals surface area contributed by atoms with E-state index in [1.807, 2.05) is 5.38 Å². The van der Waals surface area contributed by atoms with Crippen LogP contribution in [0.1, 0.15) is 37.7 Å². The fourth-order valence-electron chi connectivity index (χ4n) is 2.73. The number of likely N-dealkylation sites (tertiary alicyclic amines) is 1. The molecule has 2 atom stereocenters. The standard InChI is InChI=1S/C15H23N3O2S/c1-11(13-4-6-21-10-13)8-17-15(20)18-5-2-3-12(9-18)7-14(16)19/h4,6,10-12H,2-3,5,7-9H2,1H3,(H2,16,19)(H,17,20). The lowest BCUT2D eigenvalue weighted by Gasteiger charge is -2.32. The molecule has 0 aromatic carbocycles. The molecule has 2 unspecified atom stereocenters. The second-order valence-electron chi connectivity index (χ2n) is 5.77. The van der Waals surface area contributed by atoms with Gasteiger partial charge in [0, 0.05) is 26.1 Å². The molecule has 1 aliphatic rings. The summed E-state index contributed by atoms with van der Waals surface area (Å²) in [4.78, 5) is 25.0. The Bertz CT molecular complexity index is 475. The van der Waals surface area contributed by atoms with Crippen molar-refractivity contribution in [2.75, 3.05) is 19.6 Å². The van der Waals surface area contributed by atoms with E-state index in [0.717, 1.165) is 19.4 Å². The van der Waals surface area contributed by atoms with Crippen molar-refractivity contribution in [3.05, 3.63) is 22.4 Å². The normalized spacial score (nSPS) is 20.0. The zero-order valence-corrected chi connectivity index (χ0v) is 13.2. The molecule has 6 heteroatoms. The first-order valence-electron chi connectivity index (χ1n) is 7.39. The van der Waals surface area contributed by atoms with E-state index in [1.165, 1.54) is 5.56 Å². The number of nitrogens with one attached hydrogen (secondary N) is 1. The topological polar surface area (TPSA) is 75.4 Å². The van der Waals surface area contributed by atoms with Gasteiger partial charge in [0.05, 0.1) is 0 Å². The molecule has 0 aliphatic carbocycles. The van der Waals surface area contributed by atoms with Gasteiger partial charge >= 0.3 is 6.03 Å². The average molecular weight is 309 g/mol. The predicted octanol–water partition coefficient (Wildman–Crippen LogP) is 2.15. The summed E-state index contributed by atoms with van der Waals surface area (Å²) in [6.45, 7) is 4.12. The first-order chi connectivity index (χ1) is 10.1. The monoisotopic (exact) mass is 309 g/mol. The first kappa shape index (κ1) is 15.8. The van der Waals surface area contributed by atoms with Crippen LogP contribution in [0.5, 0.6) is 0 Å². The van der Waals surface area contributed by atoms with Crippen LogP contribution >= 0.6 is 11.3 Å². The lowest BCUT2D eigenvalue weighted by atomic mass is 9.95. The summed E-state index contributed by atoms with van der Waals surface area (Å²) in [5.41, 5.74) is 6.50. The van der Waals surface area contributed by atoms with Gasteiger partial charge in [-0.05, 0) is 47.1 Å². The van der Waals surface area contributed by atoms with Crippen molar-refractivity contribution in [3.63, 3.8) is 0 Å². The Morgan fingerprint density at radius 3 is 3.05 bits per heavy atom. The van der Waals surface area contributed by atoms with E-state index < -0.39 is 0 Å². The average Bonchev–Trinajstić information content (AvgIpc) is 2.98. The highest BCUT2D eigenvalue weighted by atomic mass is 32.1. The number of carbonyl (C=O) groups is 2. The van der Waals surface area contributed by atoms with Crippen LogP contribution in [0, 0.1) is 5.92 Å². The van der Waals surface area contributed by atoms with Gasteiger partial charge in [0.1, 0.15) is 0 Å². The van der Waals surface area contributed by atoms with E-state index in [4.69, 9.17) is 5.73 Å². The summed E-state index contributed by atoms with van der Waals surface area (Å²) in [6, 6.07) is 2.05. The van der Waals surface area contributed by atoms with Gasteiger partial charge in [0.15, 0.2) is 0 Å². The van der Waals surface area contributed by atoms with Crippen molar-refractivity contribution in [2.24, 2.45) is 11.7 Å². The number of piperidine rings is 1. The third kappa shape index (κ3) is 4.74. The number of rotatable bonds is 5. The van der Waals surface area contributed by atoms with Gasteiger partial charge in [-0.15, -0.1) is 0 Å². The van der Waals surface area contributed by atoms with Crippen LogP contribution in [0.15, 0.2) is 16.8 Å². The van der Waals surface area contributed by atoms with Crippen molar-refractivity contribution in [1.29, 1.82) is 0 Å². The number of thiophene rings is 1. The van der Waals surface area contributed by atoms with Crippen molar-refractivity contribution < 1.29 is 9.59 Å². The summed E-state index contributed by atoms with van der Waals surface area (Å²) in [7, 11) is 0. The Balaban J connectivity index is 1.78. The lowest BCUT2D eigenvalue weighted by molar-refractivity contribution is -0.119. The second-order valence-corrected chi connectivity index (χ2v) is 6.55. The zero-order valence-electron chi connectivity index (χ0n) is 12.4. The number of hydrogen-bond acceptors (Lipinski definition) is 3. The molecule has 1 aromatic rings. The minimum absolute atomic E-state index is 0.0359. The third-order valence-electron chi connectivity index (χ3n) is 3.97. The van der Waals surface area contributed by atoms with E-state index in [9.17, 15) is 9.59 Å². The molecule has 3 N–H and O–H groups in total. The number of primary amides is 1. The summed E-state index contributed by atoms with van der Waals surface area (Å²) < 4.78 is 0. The highest BCUT2D eigenvalue weighted by Gasteiger charge is 2.24. The lowest BCUT2D eigenvalue weighted by Crippen LogP contribution is -2.46. The molecule has 0 saturated carbocycles. The maximum atomic E-state index is 12.2. The second kappa shape index (κ2) is 7.45. The number of amides is 3. The van der Waals surface area contributed by atoms with E-state index in [1.54, 1.807) is 16.2 Å². The fourth-order valence-corrected chi connectivity index (χ4v) is 3.51. The molecule has 3 amide bonds. The van der Waals surface area contributed by atoms with Crippen LogP contribution < -0.4 is 11.1 Å². The van der Waals surface area contributed by atoms with E-state index in [2.05, 4.69) is 23.7 Å². The molecule has 1 saturated heterocycles. The van der Waals surface area contributed by atoms with Gasteiger partial charge < -0.3 is 16.0 Å². The molecular weight excluding hydrogens is 286 g/mol. The molecule has 116 valence electrons. The molecule has 1 aromatic heterocycles. The Morgan fingerprint density at radius 1 is 1.57 bits per heavy atom. The van der Waals surface area contributed by atoms with Crippen molar-refractivity contribution in [3.8, 4) is 0 Å². The highest BCUT2D eigenvalue weighted by Crippen LogP contribution is 2.20. The number of urea groups is 1. The highest BCUT2D eigenvalue weighted by molar-refractivity contribution is 7.07. The van der Waals surface area contributed by atoms with E-state index in [-0.39, 0.29) is 17.9 Å². The fraction of sp³-hybridized carbons (Fsp3) is 0.600. The summed E-state index contributed by atoms with van der Waals surface area (Å²) >= 11 is 1.67. The van der Waals surface area contributed by atoms with Gasteiger partial charge in [0.25, 0.3) is 0 Å². The number of nitrogens with zero attached hydrogens (tertiary/aromatic N) is 1. The summed E-state index contributed by atoms with van der Waals surface area (Å²) in [5.74, 6) is 0.232. The molecule has 0 bridgehead atoms. The van der Waals surface area contributed by atoms with Gasteiger partial charge in [-0.3, -0.25) is 4.79 Å². The van der Waals surface area contributed by atoms with Crippen molar-refractivity contribution >= 4 is 23.3 Å². The van der Waals surface area contributed by atoms with Gasteiger partial charge in [0.2, 0.25) is 5.91 Å². The van der Waals surface area contributed by atoms with Crippen LogP contribution in [0.3, 0.4) is 0 Å². The SMILES string of the molecule is CC(CNC(=O)N1CCCC(CC(N)=O)C1)c1ccsc1. The van der Waals surface area contributed by atoms with Crippen LogP contribution in [0.4, 0.5) is 4.79 Å². The molecular formula is C15H23N3O2S. The minimum Gasteiger partial charge on any atom is -0.370 e. The Kier molecular flexibility index (Phi) is 5.61. The number of nitrogens with two attached hydrogens (primary N) is 1. The summed E-state index contributed by atoms with van der Waals surface area (Å²) in [5, 5.41) is 7.15. The first-order valence-corrected chi connectivity index (χ1v) is 8.33. The van der Waals surface area contributed by atoms with Crippen molar-refractivity contribution in [1.82, 2.24) is 10.2 Å². The van der Waals surface area contributed by atoms with Crippen LogP contribution in [0.2, 0.25) is 0 Å². The van der Waals surface area contributed by atoms with Crippen LogP contribution in [0.25, 0.3) is 0 Å². The van der Waals surface area contributed by atoms with Crippen molar-refractivity contribution in [2.45, 2.75) is 32.1 Å². The Hall–Kier alpha value is -1.56. The van der Waals surface area contributed by atoms with E-state index >= 15 is 0 Å². The Morgan fingerprint density at radius 2 is 2.38 bits per heavy atom. The minimum atomic E-state index is -0.284. The molecule has 2 rings (SSSR count). The van der Waals surface area contributed by atoms with Crippen LogP contribution in [-0.4, -0.2) is 36.5 Å². The molecule has 1 aliphatic heterocycles. The molecule has 5 nitrogen and oxygen atoms in total. The maximum absolute atomic E-state index is 12.2. The van der Waals surface area contributed by atoms with E-state index in [0.29, 0.717) is 25.4 Å². The molecule has 1 fully saturated rings. The number of hydrogen-bond donors (Lipinski definition) is 2. The quantitative estimate of drug-likeness (QED) is 0.874. The molecule has 0 radical (unpaired) electrons.